The molecule has 0 radical (unpaired) electrons. The number of anilines is 1. The average molecular weight is 557 g/mol. The van der Waals surface area contributed by atoms with Gasteiger partial charge in [0, 0.05) is 52.9 Å². The van der Waals surface area contributed by atoms with Crippen molar-refractivity contribution in [2.45, 2.75) is 0 Å². The van der Waals surface area contributed by atoms with Crippen LogP contribution in [-0.2, 0) is 9.47 Å². The molecule has 0 aliphatic carbocycles. The van der Waals surface area contributed by atoms with Crippen molar-refractivity contribution in [3.05, 3.63) is 97.1 Å². The van der Waals surface area contributed by atoms with E-state index in [1.54, 1.807) is 0 Å². The lowest BCUT2D eigenvalue weighted by molar-refractivity contribution is 0.0605. The Morgan fingerprint density at radius 3 is 1.54 bits per heavy atom. The van der Waals surface area contributed by atoms with Crippen LogP contribution in [0.2, 0.25) is 0 Å². The number of benzene rings is 3. The summed E-state index contributed by atoms with van der Waals surface area (Å²) >= 11 is 3.92. The molecule has 1 saturated heterocycles. The van der Waals surface area contributed by atoms with Gasteiger partial charge in [-0.15, -0.1) is 0 Å². The van der Waals surface area contributed by atoms with Gasteiger partial charge in [0.25, 0.3) is 0 Å². The number of pyridine rings is 1. The molecular formula is C33H36N2O2S2. The fraction of sp³-hybridized carbons (Fsp3) is 0.303. The molecule has 4 aromatic rings. The van der Waals surface area contributed by atoms with E-state index in [2.05, 4.69) is 89.8 Å². The van der Waals surface area contributed by atoms with E-state index in [-0.39, 0.29) is 0 Å². The van der Waals surface area contributed by atoms with Gasteiger partial charge in [-0.3, -0.25) is 0 Å². The molecule has 0 atom stereocenters. The van der Waals surface area contributed by atoms with Crippen molar-refractivity contribution in [3.63, 3.8) is 0 Å². The Bertz CT molecular complexity index is 1200. The first-order chi connectivity index (χ1) is 19.4. The summed E-state index contributed by atoms with van der Waals surface area (Å²) < 4.78 is 11.4. The van der Waals surface area contributed by atoms with Crippen molar-refractivity contribution >= 4 is 29.2 Å². The Morgan fingerprint density at radius 2 is 1.03 bits per heavy atom. The number of thioether (sulfide) groups is 2. The van der Waals surface area contributed by atoms with Crippen LogP contribution in [0.4, 0.5) is 5.69 Å². The largest absolute Gasteiger partial charge is 0.378 e. The molecule has 202 valence electrons. The highest BCUT2D eigenvalue weighted by atomic mass is 32.2. The van der Waals surface area contributed by atoms with Gasteiger partial charge in [0.05, 0.1) is 37.8 Å². The van der Waals surface area contributed by atoms with Crippen LogP contribution in [0.3, 0.4) is 0 Å². The molecule has 0 saturated carbocycles. The number of hydrogen-bond acceptors (Lipinski definition) is 6. The van der Waals surface area contributed by atoms with Crippen molar-refractivity contribution < 1.29 is 9.47 Å². The highest BCUT2D eigenvalue weighted by Crippen LogP contribution is 2.31. The summed E-state index contributed by atoms with van der Waals surface area (Å²) in [4.78, 5) is 7.54. The Balaban J connectivity index is 1.37. The van der Waals surface area contributed by atoms with Crippen LogP contribution in [0.15, 0.2) is 97.1 Å². The Hall–Kier alpha value is -2.77. The van der Waals surface area contributed by atoms with E-state index < -0.39 is 0 Å². The number of hydrogen-bond donors (Lipinski definition) is 0. The third-order valence-corrected chi connectivity index (χ3v) is 8.51. The van der Waals surface area contributed by atoms with Gasteiger partial charge in [-0.05, 0) is 35.4 Å². The first kappa shape index (κ1) is 27.8. The molecule has 0 bridgehead atoms. The summed E-state index contributed by atoms with van der Waals surface area (Å²) in [7, 11) is 0. The predicted octanol–water partition coefficient (Wildman–Crippen LogP) is 7.40. The second-order valence-corrected chi connectivity index (χ2v) is 11.8. The van der Waals surface area contributed by atoms with Gasteiger partial charge in [-0.1, -0.05) is 72.8 Å². The molecule has 4 nitrogen and oxygen atoms in total. The zero-order valence-electron chi connectivity index (χ0n) is 22.3. The third kappa shape index (κ3) is 8.36. The van der Waals surface area contributed by atoms with E-state index in [1.165, 1.54) is 16.8 Å². The summed E-state index contributed by atoms with van der Waals surface area (Å²) in [5.41, 5.74) is 7.88. The van der Waals surface area contributed by atoms with E-state index in [1.807, 2.05) is 35.7 Å². The summed E-state index contributed by atoms with van der Waals surface area (Å²) in [5, 5.41) is 0. The van der Waals surface area contributed by atoms with Gasteiger partial charge in [-0.25, -0.2) is 4.98 Å². The van der Waals surface area contributed by atoms with E-state index in [9.17, 15) is 0 Å². The number of ether oxygens (including phenoxy) is 2. The van der Waals surface area contributed by atoms with Crippen molar-refractivity contribution in [2.24, 2.45) is 0 Å². The van der Waals surface area contributed by atoms with Gasteiger partial charge in [-0.2, -0.15) is 23.5 Å². The number of nitrogens with zero attached hydrogens (tertiary/aromatic N) is 2. The van der Waals surface area contributed by atoms with E-state index in [0.717, 1.165) is 71.8 Å². The second kappa shape index (κ2) is 15.1. The van der Waals surface area contributed by atoms with Crippen molar-refractivity contribution in [1.82, 2.24) is 4.98 Å². The summed E-state index contributed by atoms with van der Waals surface area (Å²) in [6, 6.07) is 34.3. The van der Waals surface area contributed by atoms with Gasteiger partial charge < -0.3 is 14.4 Å². The monoisotopic (exact) mass is 556 g/mol. The lowest BCUT2D eigenvalue weighted by Gasteiger charge is -2.25. The maximum atomic E-state index is 5.68. The minimum Gasteiger partial charge on any atom is -0.378 e. The topological polar surface area (TPSA) is 34.6 Å². The number of rotatable bonds is 4. The zero-order chi connectivity index (χ0) is 26.5. The van der Waals surface area contributed by atoms with Crippen LogP contribution in [0.25, 0.3) is 33.6 Å². The van der Waals surface area contributed by atoms with Gasteiger partial charge >= 0.3 is 0 Å². The molecular weight excluding hydrogens is 521 g/mol. The summed E-state index contributed by atoms with van der Waals surface area (Å²) in [6.45, 7) is 5.04. The number of aromatic nitrogens is 1. The average Bonchev–Trinajstić information content (AvgIpc) is 3.02. The van der Waals surface area contributed by atoms with Gasteiger partial charge in [0.1, 0.15) is 0 Å². The molecule has 39 heavy (non-hydrogen) atoms. The van der Waals surface area contributed by atoms with E-state index >= 15 is 0 Å². The fourth-order valence-electron chi connectivity index (χ4n) is 4.56. The molecule has 1 aliphatic heterocycles. The van der Waals surface area contributed by atoms with Crippen LogP contribution >= 0.6 is 23.5 Å². The zero-order valence-corrected chi connectivity index (χ0v) is 24.0. The normalized spacial score (nSPS) is 16.3. The summed E-state index contributed by atoms with van der Waals surface area (Å²) in [5.74, 6) is 4.24. The minimum atomic E-state index is 0.695. The van der Waals surface area contributed by atoms with Gasteiger partial charge in [0.15, 0.2) is 0 Å². The van der Waals surface area contributed by atoms with Crippen LogP contribution in [0, 0.1) is 0 Å². The van der Waals surface area contributed by atoms with Crippen molar-refractivity contribution in [2.75, 3.05) is 67.4 Å². The highest BCUT2D eigenvalue weighted by Gasteiger charge is 2.11. The molecule has 6 heteroatoms. The van der Waals surface area contributed by atoms with Crippen LogP contribution in [0.5, 0.6) is 0 Å². The molecule has 2 heterocycles. The molecule has 1 aromatic heterocycles. The van der Waals surface area contributed by atoms with Crippen LogP contribution < -0.4 is 4.90 Å². The lowest BCUT2D eigenvalue weighted by Crippen LogP contribution is -2.28. The second-order valence-electron chi connectivity index (χ2n) is 9.34. The highest BCUT2D eigenvalue weighted by molar-refractivity contribution is 7.99. The Morgan fingerprint density at radius 1 is 0.513 bits per heavy atom. The molecule has 0 amide bonds. The Kier molecular flexibility index (Phi) is 10.8. The van der Waals surface area contributed by atoms with Crippen LogP contribution in [0.1, 0.15) is 0 Å². The molecule has 0 N–H and O–H groups in total. The third-order valence-electron chi connectivity index (χ3n) is 6.66. The molecule has 0 spiro atoms. The lowest BCUT2D eigenvalue weighted by atomic mass is 9.99. The van der Waals surface area contributed by atoms with E-state index in [4.69, 9.17) is 14.5 Å². The fourth-order valence-corrected chi connectivity index (χ4v) is 6.14. The van der Waals surface area contributed by atoms with Crippen LogP contribution in [-0.4, -0.2) is 67.5 Å². The Labute approximate surface area is 241 Å². The molecule has 1 aliphatic rings. The summed E-state index contributed by atoms with van der Waals surface area (Å²) in [6.07, 6.45) is 0. The van der Waals surface area contributed by atoms with Gasteiger partial charge in [0.2, 0.25) is 0 Å². The molecule has 0 unspecified atom stereocenters. The SMILES string of the molecule is c1ccc(-c2cc(-c3ccc(N4CCSCCOCCOCCSCC4)cc3)cc(-c3ccccc3)n2)cc1. The maximum absolute atomic E-state index is 5.68. The van der Waals surface area contributed by atoms with E-state index in [0.29, 0.717) is 13.2 Å². The smallest absolute Gasteiger partial charge is 0.0715 e. The standard InChI is InChI=1S/C33H36N2O2S2/c1-3-7-28(8-4-1)32-25-30(26-33(34-32)29-9-5-2-6-10-29)27-11-13-31(14-12-27)35-15-21-38-23-19-36-17-18-37-20-24-39-22-16-35/h1-14,25-26H,15-24H2. The predicted molar refractivity (Wildman–Crippen MR) is 169 cm³/mol. The first-order valence-corrected chi connectivity index (χ1v) is 16.0. The molecule has 5 rings (SSSR count). The quantitative estimate of drug-likeness (QED) is 0.261. The van der Waals surface area contributed by atoms with Crippen molar-refractivity contribution in [3.8, 4) is 33.6 Å². The first-order valence-electron chi connectivity index (χ1n) is 13.7. The van der Waals surface area contributed by atoms with Crippen molar-refractivity contribution in [1.29, 1.82) is 0 Å². The molecule has 3 aromatic carbocycles. The minimum absolute atomic E-state index is 0.695. The maximum Gasteiger partial charge on any atom is 0.0715 e. The molecule has 1 fully saturated rings.